The molecule has 41 heavy (non-hydrogen) atoms. The number of carbonyl (C=O) groups excluding carboxylic acids is 1. The van der Waals surface area contributed by atoms with Gasteiger partial charge in [-0.25, -0.2) is 24.3 Å². The number of amides is 1. The predicted octanol–water partition coefficient (Wildman–Crippen LogP) is 4.34. The fourth-order valence-corrected chi connectivity index (χ4v) is 3.98. The summed E-state index contributed by atoms with van der Waals surface area (Å²) in [6, 6.07) is 11.0. The fourth-order valence-electron chi connectivity index (χ4n) is 3.98. The zero-order chi connectivity index (χ0) is 28.9. The van der Waals surface area contributed by atoms with Gasteiger partial charge in [-0.15, -0.1) is 0 Å². The van der Waals surface area contributed by atoms with Gasteiger partial charge in [0.25, 0.3) is 5.91 Å². The van der Waals surface area contributed by atoms with Gasteiger partial charge in [-0.1, -0.05) is 6.07 Å². The van der Waals surface area contributed by atoms with Crippen LogP contribution < -0.4 is 10.6 Å². The van der Waals surface area contributed by atoms with E-state index in [-0.39, 0.29) is 18.1 Å². The van der Waals surface area contributed by atoms with E-state index in [1.54, 1.807) is 63.6 Å². The Morgan fingerprint density at radius 1 is 1.02 bits per heavy atom. The standard InChI is InChI=1S/C28H24F2N10O/c1-15-8-24(37-25-10-19(14-31-3)39-40-25)38-27(35-15)18-9-21(29)26(33-13-18)28(41)34-12-17-4-6-22(32-11-17)20-5-7-23(30)36-16(20)2/h4-11,13-14H,12H2,1-3H3,(H,34,41)(H2,35,37,38,39,40)/b31-14-. The molecule has 5 aromatic rings. The van der Waals surface area contributed by atoms with Crippen molar-refractivity contribution >= 4 is 23.8 Å². The molecule has 1 amide bonds. The Labute approximate surface area is 233 Å². The summed E-state index contributed by atoms with van der Waals surface area (Å²) >= 11 is 0. The molecule has 206 valence electrons. The van der Waals surface area contributed by atoms with Gasteiger partial charge in [0.05, 0.1) is 5.69 Å². The van der Waals surface area contributed by atoms with Gasteiger partial charge in [0.1, 0.15) is 17.3 Å². The molecule has 3 N–H and O–H groups in total. The first-order chi connectivity index (χ1) is 19.8. The van der Waals surface area contributed by atoms with E-state index in [4.69, 9.17) is 0 Å². The summed E-state index contributed by atoms with van der Waals surface area (Å²) in [7, 11) is 1.65. The number of carbonyl (C=O) groups is 1. The first kappa shape index (κ1) is 27.1. The van der Waals surface area contributed by atoms with Gasteiger partial charge in [0, 0.05) is 66.8 Å². The molecule has 5 heterocycles. The van der Waals surface area contributed by atoms with E-state index in [1.807, 2.05) is 0 Å². The number of anilines is 2. The highest BCUT2D eigenvalue weighted by Crippen LogP contribution is 2.22. The molecule has 11 nitrogen and oxygen atoms in total. The molecule has 5 aromatic heterocycles. The van der Waals surface area contributed by atoms with Crippen LogP contribution in [0.3, 0.4) is 0 Å². The number of hydrogen-bond acceptors (Lipinski definition) is 9. The van der Waals surface area contributed by atoms with Crippen LogP contribution in [0.15, 0.2) is 59.9 Å². The molecule has 0 aromatic carbocycles. The fraction of sp³-hybridized carbons (Fsp3) is 0.143. The normalized spacial score (nSPS) is 11.1. The summed E-state index contributed by atoms with van der Waals surface area (Å²) in [5.74, 6) is -0.774. The van der Waals surface area contributed by atoms with Crippen LogP contribution in [0.4, 0.5) is 20.4 Å². The van der Waals surface area contributed by atoms with Crippen LogP contribution in [0.1, 0.15) is 33.1 Å². The van der Waals surface area contributed by atoms with Crippen LogP contribution >= 0.6 is 0 Å². The minimum Gasteiger partial charge on any atom is -0.346 e. The zero-order valence-corrected chi connectivity index (χ0v) is 22.3. The monoisotopic (exact) mass is 554 g/mol. The van der Waals surface area contributed by atoms with E-state index in [1.165, 1.54) is 18.3 Å². The van der Waals surface area contributed by atoms with Gasteiger partial charge in [0.2, 0.25) is 5.95 Å². The first-order valence-corrected chi connectivity index (χ1v) is 12.4. The maximum absolute atomic E-state index is 15.0. The molecule has 0 fully saturated rings. The lowest BCUT2D eigenvalue weighted by atomic mass is 10.1. The average molecular weight is 555 g/mol. The highest BCUT2D eigenvalue weighted by Gasteiger charge is 2.17. The second kappa shape index (κ2) is 11.7. The molecule has 0 saturated carbocycles. The lowest BCUT2D eigenvalue weighted by molar-refractivity contribution is 0.0941. The van der Waals surface area contributed by atoms with Crippen LogP contribution in [0, 0.1) is 25.6 Å². The molecule has 0 unspecified atom stereocenters. The predicted molar refractivity (Wildman–Crippen MR) is 149 cm³/mol. The number of H-pyrrole nitrogens is 1. The quantitative estimate of drug-likeness (QED) is 0.190. The van der Waals surface area contributed by atoms with Crippen molar-refractivity contribution in [3.05, 3.63) is 95.0 Å². The number of aromatic nitrogens is 7. The number of pyridine rings is 3. The minimum atomic E-state index is -0.815. The number of aryl methyl sites for hydroxylation is 2. The Hall–Kier alpha value is -5.46. The van der Waals surface area contributed by atoms with Crippen molar-refractivity contribution in [2.24, 2.45) is 4.99 Å². The number of halogens is 2. The molecule has 5 rings (SSSR count). The van der Waals surface area contributed by atoms with E-state index in [2.05, 4.69) is 50.7 Å². The lowest BCUT2D eigenvalue weighted by Gasteiger charge is -2.09. The summed E-state index contributed by atoms with van der Waals surface area (Å²) < 4.78 is 28.3. The Morgan fingerprint density at radius 2 is 1.88 bits per heavy atom. The molecule has 0 bridgehead atoms. The van der Waals surface area contributed by atoms with Gasteiger partial charge in [-0.05, 0) is 43.7 Å². The number of rotatable bonds is 8. The molecular weight excluding hydrogens is 530 g/mol. The lowest BCUT2D eigenvalue weighted by Crippen LogP contribution is -2.25. The summed E-state index contributed by atoms with van der Waals surface area (Å²) in [5, 5.41) is 12.7. The zero-order valence-electron chi connectivity index (χ0n) is 22.3. The Bertz CT molecular complexity index is 1750. The number of nitrogens with zero attached hydrogens (tertiary/aromatic N) is 7. The van der Waals surface area contributed by atoms with Crippen LogP contribution in [0.2, 0.25) is 0 Å². The van der Waals surface area contributed by atoms with E-state index in [0.717, 1.165) is 0 Å². The third-order valence-corrected chi connectivity index (χ3v) is 5.90. The summed E-state index contributed by atoms with van der Waals surface area (Å²) in [4.78, 5) is 37.6. The molecule has 0 radical (unpaired) electrons. The maximum Gasteiger partial charge on any atom is 0.273 e. The number of aromatic amines is 1. The molecule has 0 spiro atoms. The maximum atomic E-state index is 15.0. The topological polar surface area (TPSA) is 147 Å². The van der Waals surface area contributed by atoms with Crippen molar-refractivity contribution in [3.8, 4) is 22.6 Å². The highest BCUT2D eigenvalue weighted by atomic mass is 19.1. The molecule has 0 aliphatic heterocycles. The summed E-state index contributed by atoms with van der Waals surface area (Å²) in [6.45, 7) is 3.58. The molecule has 0 aliphatic rings. The highest BCUT2D eigenvalue weighted by molar-refractivity contribution is 5.92. The van der Waals surface area contributed by atoms with Crippen LogP contribution in [-0.2, 0) is 6.54 Å². The second-order valence-corrected chi connectivity index (χ2v) is 8.99. The van der Waals surface area contributed by atoms with Crippen molar-refractivity contribution < 1.29 is 13.6 Å². The van der Waals surface area contributed by atoms with Gasteiger partial charge in [-0.2, -0.15) is 9.49 Å². The van der Waals surface area contributed by atoms with Crippen LogP contribution in [0.5, 0.6) is 0 Å². The van der Waals surface area contributed by atoms with Gasteiger partial charge >= 0.3 is 0 Å². The van der Waals surface area contributed by atoms with Crippen LogP contribution in [-0.4, -0.2) is 54.3 Å². The third kappa shape index (κ3) is 6.41. The summed E-state index contributed by atoms with van der Waals surface area (Å²) in [5.41, 5.74) is 3.75. The Kier molecular flexibility index (Phi) is 7.76. The minimum absolute atomic E-state index is 0.102. The second-order valence-electron chi connectivity index (χ2n) is 8.99. The van der Waals surface area contributed by atoms with Crippen LogP contribution in [0.25, 0.3) is 22.6 Å². The number of nitrogens with one attached hydrogen (secondary N) is 3. The molecule has 0 atom stereocenters. The number of aliphatic imine (C=N–C) groups is 1. The van der Waals surface area contributed by atoms with Crippen molar-refractivity contribution in [1.82, 2.24) is 40.4 Å². The first-order valence-electron chi connectivity index (χ1n) is 12.4. The van der Waals surface area contributed by atoms with Crippen molar-refractivity contribution in [1.29, 1.82) is 0 Å². The van der Waals surface area contributed by atoms with E-state index in [0.29, 0.717) is 51.1 Å². The van der Waals surface area contributed by atoms with E-state index < -0.39 is 17.7 Å². The molecule has 13 heteroatoms. The largest absolute Gasteiger partial charge is 0.346 e. The van der Waals surface area contributed by atoms with Gasteiger partial charge in [0.15, 0.2) is 17.3 Å². The molecule has 0 saturated heterocycles. The molecular formula is C28H24F2N10O. The SMILES string of the molecule is C/N=C\c1cc(Nc2cc(C)nc(-c3cnc(C(=O)NCc4ccc(-c5ccc(F)nc5C)nc4)c(F)c3)n2)[nH]n1. The van der Waals surface area contributed by atoms with E-state index in [9.17, 15) is 13.6 Å². The number of hydrogen-bond donors (Lipinski definition) is 3. The van der Waals surface area contributed by atoms with Crippen molar-refractivity contribution in [3.63, 3.8) is 0 Å². The average Bonchev–Trinajstić information content (AvgIpc) is 3.38. The van der Waals surface area contributed by atoms with Crippen molar-refractivity contribution in [2.45, 2.75) is 20.4 Å². The Morgan fingerprint density at radius 3 is 2.61 bits per heavy atom. The third-order valence-electron chi connectivity index (χ3n) is 5.90. The molecule has 0 aliphatic carbocycles. The smallest absolute Gasteiger partial charge is 0.273 e. The van der Waals surface area contributed by atoms with Gasteiger partial charge < -0.3 is 10.6 Å². The Balaban J connectivity index is 1.26. The summed E-state index contributed by atoms with van der Waals surface area (Å²) in [6.07, 6.45) is 4.53. The van der Waals surface area contributed by atoms with Crippen molar-refractivity contribution in [2.75, 3.05) is 12.4 Å². The van der Waals surface area contributed by atoms with Gasteiger partial charge in [-0.3, -0.25) is 19.9 Å². The van der Waals surface area contributed by atoms with E-state index >= 15 is 0 Å².